The third-order valence-electron chi connectivity index (χ3n) is 7.04. The van der Waals surface area contributed by atoms with Crippen LogP contribution in [-0.4, -0.2) is 64.2 Å². The van der Waals surface area contributed by atoms with Crippen LogP contribution < -0.4 is 5.32 Å². The van der Waals surface area contributed by atoms with Crippen molar-refractivity contribution in [2.45, 2.75) is 71.1 Å². The molecule has 1 aliphatic heterocycles. The average Bonchev–Trinajstić information content (AvgIpc) is 3.10. The normalized spacial score (nSPS) is 24.5. The molecule has 1 unspecified atom stereocenters. The van der Waals surface area contributed by atoms with E-state index in [2.05, 4.69) is 40.3 Å². The van der Waals surface area contributed by atoms with Crippen LogP contribution in [0.1, 0.15) is 69.4 Å². The summed E-state index contributed by atoms with van der Waals surface area (Å²) in [6.07, 6.45) is 2.51. The number of H-pyrrole nitrogens is 1. The van der Waals surface area contributed by atoms with Crippen molar-refractivity contribution in [2.75, 3.05) is 26.2 Å². The number of hydrogen-bond donors (Lipinski definition) is 3. The highest BCUT2D eigenvalue weighted by molar-refractivity contribution is 5.90. The van der Waals surface area contributed by atoms with Crippen molar-refractivity contribution < 1.29 is 9.90 Å². The number of aliphatic hydroxyl groups is 1. The summed E-state index contributed by atoms with van der Waals surface area (Å²) in [5.74, 6) is 0.390. The van der Waals surface area contributed by atoms with Gasteiger partial charge in [-0.15, -0.1) is 0 Å². The number of benzene rings is 1. The van der Waals surface area contributed by atoms with Crippen molar-refractivity contribution in [1.82, 2.24) is 20.1 Å². The summed E-state index contributed by atoms with van der Waals surface area (Å²) in [4.78, 5) is 20.6. The van der Waals surface area contributed by atoms with Crippen molar-refractivity contribution in [1.29, 1.82) is 0 Å². The van der Waals surface area contributed by atoms with Crippen LogP contribution >= 0.6 is 0 Å². The van der Waals surface area contributed by atoms with Crippen molar-refractivity contribution in [3.8, 4) is 0 Å². The quantitative estimate of drug-likeness (QED) is 0.676. The molecule has 0 radical (unpaired) electrons. The van der Waals surface area contributed by atoms with Crippen molar-refractivity contribution in [2.24, 2.45) is 0 Å². The fourth-order valence-electron chi connectivity index (χ4n) is 5.70. The Labute approximate surface area is 179 Å². The van der Waals surface area contributed by atoms with Crippen LogP contribution in [-0.2, 0) is 6.42 Å². The number of piperidine rings is 1. The fourth-order valence-corrected chi connectivity index (χ4v) is 5.70. The van der Waals surface area contributed by atoms with Crippen LogP contribution in [0.3, 0.4) is 0 Å². The molecule has 4 rings (SSSR count). The second kappa shape index (κ2) is 8.60. The Morgan fingerprint density at radius 1 is 1.33 bits per heavy atom. The Balaban J connectivity index is 1.69. The van der Waals surface area contributed by atoms with Gasteiger partial charge in [-0.2, -0.15) is 0 Å². The van der Waals surface area contributed by atoms with Gasteiger partial charge in [0.15, 0.2) is 0 Å². The summed E-state index contributed by atoms with van der Waals surface area (Å²) < 4.78 is 0. The van der Waals surface area contributed by atoms with Crippen LogP contribution in [0.15, 0.2) is 18.2 Å². The maximum Gasteiger partial charge on any atom is 0.317 e. The van der Waals surface area contributed by atoms with Crippen LogP contribution in [0.2, 0.25) is 0 Å². The van der Waals surface area contributed by atoms with E-state index in [1.165, 1.54) is 16.5 Å². The zero-order chi connectivity index (χ0) is 21.4. The van der Waals surface area contributed by atoms with Gasteiger partial charge in [0.05, 0.1) is 6.10 Å². The lowest BCUT2D eigenvalue weighted by Gasteiger charge is -2.47. The molecule has 0 bridgehead atoms. The van der Waals surface area contributed by atoms with Gasteiger partial charge < -0.3 is 20.3 Å². The van der Waals surface area contributed by atoms with Gasteiger partial charge in [-0.1, -0.05) is 19.1 Å². The molecule has 0 spiro atoms. The molecule has 2 aliphatic rings. The molecule has 1 aromatic carbocycles. The molecule has 1 saturated heterocycles. The van der Waals surface area contributed by atoms with Gasteiger partial charge in [-0.25, -0.2) is 4.79 Å². The van der Waals surface area contributed by atoms with Crippen LogP contribution in [0.5, 0.6) is 0 Å². The van der Waals surface area contributed by atoms with E-state index in [0.717, 1.165) is 56.7 Å². The van der Waals surface area contributed by atoms with Crippen molar-refractivity contribution in [3.05, 3.63) is 35.0 Å². The molecule has 30 heavy (non-hydrogen) atoms. The molecule has 6 nitrogen and oxygen atoms in total. The Hall–Kier alpha value is -2.05. The minimum Gasteiger partial charge on any atom is -0.387 e. The highest BCUT2D eigenvalue weighted by atomic mass is 16.3. The van der Waals surface area contributed by atoms with Gasteiger partial charge in [-0.05, 0) is 63.8 Å². The second-order valence-electron chi connectivity index (χ2n) is 8.89. The first-order valence-corrected chi connectivity index (χ1v) is 11.6. The standard InChI is InChI=1S/C24H36N4O2/c1-5-11-28-14-16(25-24(30)27(6-2)7-3)12-18-17-9-8-10-20-22(17)19(13-21(18)28)23(26-20)15(4)29/h8-10,15-16,18,21,26,29H,5-7,11-14H2,1-4H3,(H,25,30)/t15?,16-,18+,21+/m0/s1. The number of nitrogens with zero attached hydrogens (tertiary/aromatic N) is 2. The Kier molecular flexibility index (Phi) is 6.07. The first-order valence-electron chi connectivity index (χ1n) is 11.6. The topological polar surface area (TPSA) is 71.6 Å². The van der Waals surface area contributed by atoms with Crippen LogP contribution in [0, 0.1) is 0 Å². The highest BCUT2D eigenvalue weighted by Gasteiger charge is 2.42. The van der Waals surface area contributed by atoms with E-state index >= 15 is 0 Å². The smallest absolute Gasteiger partial charge is 0.317 e. The number of aromatic nitrogens is 1. The number of nitrogens with one attached hydrogen (secondary N) is 2. The third kappa shape index (κ3) is 3.60. The van der Waals surface area contributed by atoms with Crippen LogP contribution in [0.4, 0.5) is 4.79 Å². The van der Waals surface area contributed by atoms with Crippen molar-refractivity contribution in [3.63, 3.8) is 0 Å². The van der Waals surface area contributed by atoms with E-state index in [4.69, 9.17) is 0 Å². The third-order valence-corrected chi connectivity index (χ3v) is 7.04. The zero-order valence-electron chi connectivity index (χ0n) is 18.7. The van der Waals surface area contributed by atoms with E-state index in [-0.39, 0.29) is 12.1 Å². The maximum absolute atomic E-state index is 12.7. The molecule has 2 amide bonds. The average molecular weight is 413 g/mol. The first kappa shape index (κ1) is 21.2. The van der Waals surface area contributed by atoms with Crippen LogP contribution in [0.25, 0.3) is 10.9 Å². The molecule has 2 heterocycles. The lowest BCUT2D eigenvalue weighted by Crippen LogP contribution is -2.58. The maximum atomic E-state index is 12.7. The summed E-state index contributed by atoms with van der Waals surface area (Å²) >= 11 is 0. The number of aromatic amines is 1. The molecule has 4 atom stereocenters. The molecule has 0 saturated carbocycles. The van der Waals surface area contributed by atoms with E-state index < -0.39 is 6.10 Å². The molecule has 1 aromatic heterocycles. The number of carbonyl (C=O) groups is 1. The summed E-state index contributed by atoms with van der Waals surface area (Å²) in [6, 6.07) is 7.10. The number of carbonyl (C=O) groups excluding carboxylic acids is 1. The van der Waals surface area contributed by atoms with Gasteiger partial charge in [0.25, 0.3) is 0 Å². The summed E-state index contributed by atoms with van der Waals surface area (Å²) in [5, 5.41) is 15.0. The molecule has 1 aliphatic carbocycles. The number of amides is 2. The number of aliphatic hydroxyl groups excluding tert-OH is 1. The highest BCUT2D eigenvalue weighted by Crippen LogP contribution is 2.45. The van der Waals surface area contributed by atoms with E-state index in [0.29, 0.717) is 12.0 Å². The molecule has 1 fully saturated rings. The SMILES string of the molecule is CCCN1C[C@@H](NC(=O)N(CC)CC)C[C@@H]2c3cccc4[nH]c(C(C)O)c(c34)C[C@H]21. The van der Waals surface area contributed by atoms with Gasteiger partial charge >= 0.3 is 6.03 Å². The molecular formula is C24H36N4O2. The molecule has 3 N–H and O–H groups in total. The van der Waals surface area contributed by atoms with Gasteiger partial charge in [0, 0.05) is 54.2 Å². The Morgan fingerprint density at radius 2 is 2.10 bits per heavy atom. The molecule has 6 heteroatoms. The summed E-state index contributed by atoms with van der Waals surface area (Å²) in [5.41, 5.74) is 4.73. The number of rotatable bonds is 6. The Bertz CT molecular complexity index is 902. The summed E-state index contributed by atoms with van der Waals surface area (Å²) in [6.45, 7) is 11.5. The van der Waals surface area contributed by atoms with Gasteiger partial charge in [0.1, 0.15) is 0 Å². The lowest BCUT2D eigenvalue weighted by molar-refractivity contribution is 0.0971. The largest absolute Gasteiger partial charge is 0.387 e. The first-order chi connectivity index (χ1) is 14.5. The van der Waals surface area contributed by atoms with Gasteiger partial charge in [0.2, 0.25) is 0 Å². The summed E-state index contributed by atoms with van der Waals surface area (Å²) in [7, 11) is 0. The number of hydrogen-bond acceptors (Lipinski definition) is 3. The van der Waals surface area contributed by atoms with E-state index in [1.54, 1.807) is 0 Å². The molecule has 2 aromatic rings. The number of likely N-dealkylation sites (tertiary alicyclic amines) is 1. The van der Waals surface area contributed by atoms with E-state index in [1.807, 2.05) is 25.7 Å². The van der Waals surface area contributed by atoms with Gasteiger partial charge in [-0.3, -0.25) is 4.90 Å². The zero-order valence-corrected chi connectivity index (χ0v) is 18.7. The monoisotopic (exact) mass is 412 g/mol. The minimum atomic E-state index is -0.499. The second-order valence-corrected chi connectivity index (χ2v) is 8.89. The fraction of sp³-hybridized carbons (Fsp3) is 0.625. The Morgan fingerprint density at radius 3 is 2.77 bits per heavy atom. The molecular weight excluding hydrogens is 376 g/mol. The lowest BCUT2D eigenvalue weighted by atomic mass is 9.73. The number of fused-ring (bicyclic) bond motifs is 2. The predicted molar refractivity (Wildman–Crippen MR) is 121 cm³/mol. The predicted octanol–water partition coefficient (Wildman–Crippen LogP) is 3.77. The number of urea groups is 1. The van der Waals surface area contributed by atoms with Crippen molar-refractivity contribution >= 4 is 16.9 Å². The molecule has 164 valence electrons. The van der Waals surface area contributed by atoms with E-state index in [9.17, 15) is 9.90 Å². The minimum absolute atomic E-state index is 0.0487.